The van der Waals surface area contributed by atoms with Crippen LogP contribution in [0.4, 0.5) is 0 Å². The first-order valence-electron chi connectivity index (χ1n) is 12.1. The van der Waals surface area contributed by atoms with Crippen LogP contribution in [0.2, 0.25) is 0 Å². The molecule has 1 saturated carbocycles. The van der Waals surface area contributed by atoms with Gasteiger partial charge in [0.25, 0.3) is 0 Å². The van der Waals surface area contributed by atoms with Crippen molar-refractivity contribution in [1.82, 2.24) is 5.32 Å². The Bertz CT molecular complexity index is 818. The molecule has 2 N–H and O–H groups in total. The number of allylic oxidation sites excluding steroid dienone is 1. The topological polar surface area (TPSA) is 32.3 Å². The molecule has 1 aromatic rings. The van der Waals surface area contributed by atoms with Gasteiger partial charge in [-0.1, -0.05) is 44.6 Å². The SMILES string of the molecule is Cc1c(C(C)C2CCC(C)CN2)ccc2c1CC1C2CC=C2CC(O)CCC21C. The molecule has 7 atom stereocenters. The Kier molecular flexibility index (Phi) is 4.95. The quantitative estimate of drug-likeness (QED) is 0.639. The third-order valence-corrected chi connectivity index (χ3v) is 9.40. The van der Waals surface area contributed by atoms with Gasteiger partial charge in [0.05, 0.1) is 6.10 Å². The molecule has 0 aromatic heterocycles. The van der Waals surface area contributed by atoms with Crippen molar-refractivity contribution in [2.75, 3.05) is 6.54 Å². The van der Waals surface area contributed by atoms with Crippen molar-refractivity contribution >= 4 is 0 Å². The van der Waals surface area contributed by atoms with Gasteiger partial charge in [0.1, 0.15) is 0 Å². The van der Waals surface area contributed by atoms with Crippen molar-refractivity contribution in [2.24, 2.45) is 17.3 Å². The minimum absolute atomic E-state index is 0.116. The summed E-state index contributed by atoms with van der Waals surface area (Å²) in [6, 6.07) is 5.58. The van der Waals surface area contributed by atoms with Crippen LogP contribution in [-0.2, 0) is 6.42 Å². The molecule has 1 heterocycles. The highest BCUT2D eigenvalue weighted by atomic mass is 16.3. The van der Waals surface area contributed by atoms with Gasteiger partial charge in [0, 0.05) is 6.04 Å². The van der Waals surface area contributed by atoms with E-state index < -0.39 is 0 Å². The van der Waals surface area contributed by atoms with Crippen molar-refractivity contribution in [3.8, 4) is 0 Å². The molecule has 7 unspecified atom stereocenters. The van der Waals surface area contributed by atoms with Crippen LogP contribution in [0.1, 0.15) is 93.4 Å². The summed E-state index contributed by atoms with van der Waals surface area (Å²) in [4.78, 5) is 0. The van der Waals surface area contributed by atoms with E-state index in [0.29, 0.717) is 23.3 Å². The molecule has 0 bridgehead atoms. The molecule has 29 heavy (non-hydrogen) atoms. The summed E-state index contributed by atoms with van der Waals surface area (Å²) in [5.74, 6) is 2.82. The molecule has 1 aliphatic heterocycles. The highest BCUT2D eigenvalue weighted by Crippen LogP contribution is 2.60. The fourth-order valence-electron chi connectivity index (χ4n) is 7.34. The molecule has 2 fully saturated rings. The van der Waals surface area contributed by atoms with Crippen molar-refractivity contribution in [3.63, 3.8) is 0 Å². The van der Waals surface area contributed by atoms with Crippen LogP contribution in [0.5, 0.6) is 0 Å². The van der Waals surface area contributed by atoms with Crippen molar-refractivity contribution in [1.29, 1.82) is 0 Å². The van der Waals surface area contributed by atoms with Crippen LogP contribution in [0.25, 0.3) is 0 Å². The lowest BCUT2D eigenvalue weighted by Gasteiger charge is -2.48. The maximum Gasteiger partial charge on any atom is 0.0577 e. The number of rotatable bonds is 2. The number of piperidine rings is 1. The van der Waals surface area contributed by atoms with E-state index in [1.165, 1.54) is 32.2 Å². The van der Waals surface area contributed by atoms with Crippen LogP contribution in [-0.4, -0.2) is 23.8 Å². The Morgan fingerprint density at radius 3 is 2.76 bits per heavy atom. The average Bonchev–Trinajstić information content (AvgIpc) is 3.10. The van der Waals surface area contributed by atoms with Gasteiger partial charge in [-0.3, -0.25) is 0 Å². The Morgan fingerprint density at radius 1 is 1.17 bits per heavy atom. The molecule has 3 aliphatic carbocycles. The lowest BCUT2D eigenvalue weighted by Crippen LogP contribution is -2.41. The van der Waals surface area contributed by atoms with Crippen molar-refractivity contribution < 1.29 is 5.11 Å². The van der Waals surface area contributed by atoms with Gasteiger partial charge in [-0.25, -0.2) is 0 Å². The first-order chi connectivity index (χ1) is 13.9. The number of aliphatic hydroxyl groups is 1. The van der Waals surface area contributed by atoms with E-state index in [2.05, 4.69) is 51.2 Å². The van der Waals surface area contributed by atoms with Crippen molar-refractivity contribution in [2.45, 2.75) is 96.6 Å². The summed E-state index contributed by atoms with van der Waals surface area (Å²) >= 11 is 0. The summed E-state index contributed by atoms with van der Waals surface area (Å²) < 4.78 is 0. The molecule has 4 aliphatic rings. The third-order valence-electron chi connectivity index (χ3n) is 9.40. The molecule has 158 valence electrons. The van der Waals surface area contributed by atoms with Gasteiger partial charge in [-0.15, -0.1) is 0 Å². The van der Waals surface area contributed by atoms with E-state index in [0.717, 1.165) is 31.1 Å². The van der Waals surface area contributed by atoms with Crippen LogP contribution in [0, 0.1) is 24.2 Å². The minimum Gasteiger partial charge on any atom is -0.393 e. The molecule has 2 nitrogen and oxygen atoms in total. The second-order valence-corrected chi connectivity index (χ2v) is 11.0. The molecule has 1 aromatic carbocycles. The summed E-state index contributed by atoms with van der Waals surface area (Å²) in [7, 11) is 0. The predicted octanol–water partition coefficient (Wildman–Crippen LogP) is 5.62. The predicted molar refractivity (Wildman–Crippen MR) is 120 cm³/mol. The zero-order valence-electron chi connectivity index (χ0n) is 18.8. The summed E-state index contributed by atoms with van der Waals surface area (Å²) in [5.41, 5.74) is 8.29. The molecule has 2 heteroatoms. The number of hydrogen-bond donors (Lipinski definition) is 2. The van der Waals surface area contributed by atoms with E-state index in [4.69, 9.17) is 0 Å². The Labute approximate surface area is 177 Å². The minimum atomic E-state index is -0.116. The number of aliphatic hydroxyl groups excluding tert-OH is 1. The van der Waals surface area contributed by atoms with E-state index in [-0.39, 0.29) is 6.10 Å². The van der Waals surface area contributed by atoms with Gasteiger partial charge in [0.15, 0.2) is 0 Å². The third kappa shape index (κ3) is 3.13. The maximum absolute atomic E-state index is 10.2. The van der Waals surface area contributed by atoms with Crippen molar-refractivity contribution in [3.05, 3.63) is 46.0 Å². The molecular weight excluding hydrogens is 354 g/mol. The van der Waals surface area contributed by atoms with Crippen LogP contribution in [0.3, 0.4) is 0 Å². The molecule has 0 spiro atoms. The average molecular weight is 394 g/mol. The smallest absolute Gasteiger partial charge is 0.0577 e. The summed E-state index contributed by atoms with van der Waals surface area (Å²) in [5, 5.41) is 14.0. The Hall–Kier alpha value is -1.12. The lowest BCUT2D eigenvalue weighted by atomic mass is 9.57. The van der Waals surface area contributed by atoms with E-state index in [9.17, 15) is 5.11 Å². The second kappa shape index (κ2) is 7.24. The Balaban J connectivity index is 1.43. The van der Waals surface area contributed by atoms with E-state index >= 15 is 0 Å². The number of fused-ring (bicyclic) bond motifs is 5. The fourth-order valence-corrected chi connectivity index (χ4v) is 7.34. The van der Waals surface area contributed by atoms with Gasteiger partial charge in [0.2, 0.25) is 0 Å². The second-order valence-electron chi connectivity index (χ2n) is 11.0. The largest absolute Gasteiger partial charge is 0.393 e. The maximum atomic E-state index is 10.2. The molecular formula is C27H39NO. The van der Waals surface area contributed by atoms with Crippen LogP contribution < -0.4 is 5.32 Å². The van der Waals surface area contributed by atoms with Gasteiger partial charge >= 0.3 is 0 Å². The van der Waals surface area contributed by atoms with Crippen LogP contribution in [0.15, 0.2) is 23.8 Å². The molecule has 5 rings (SSSR count). The highest BCUT2D eigenvalue weighted by Gasteiger charge is 2.50. The zero-order valence-corrected chi connectivity index (χ0v) is 18.8. The lowest BCUT2D eigenvalue weighted by molar-refractivity contribution is 0.0710. The first-order valence-corrected chi connectivity index (χ1v) is 12.1. The number of benzene rings is 1. The van der Waals surface area contributed by atoms with Gasteiger partial charge < -0.3 is 10.4 Å². The zero-order chi connectivity index (χ0) is 20.3. The fraction of sp³-hybridized carbons (Fsp3) is 0.704. The highest BCUT2D eigenvalue weighted by molar-refractivity contribution is 5.49. The monoisotopic (exact) mass is 393 g/mol. The van der Waals surface area contributed by atoms with E-state index in [1.54, 1.807) is 27.8 Å². The molecule has 0 radical (unpaired) electrons. The van der Waals surface area contributed by atoms with E-state index in [1.807, 2.05) is 0 Å². The normalized spacial score (nSPS) is 39.9. The van der Waals surface area contributed by atoms with Gasteiger partial charge in [-0.05, 0) is 110 Å². The summed E-state index contributed by atoms with van der Waals surface area (Å²) in [6.45, 7) is 10.9. The van der Waals surface area contributed by atoms with Crippen LogP contribution >= 0.6 is 0 Å². The number of nitrogens with one attached hydrogen (secondary N) is 1. The molecule has 1 saturated heterocycles. The summed E-state index contributed by atoms with van der Waals surface area (Å²) in [6.07, 6.45) is 10.5. The Morgan fingerprint density at radius 2 is 2.00 bits per heavy atom. The first kappa shape index (κ1) is 19.8. The standard InChI is InChI=1S/C27H39NO/c1-16-5-10-26(28-15-16)18(3)21-8-9-22-23-7-6-19-13-20(29)11-12-27(19,4)25(23)14-24(22)17(21)2/h6,8-9,16,18,20,23,25-26,28-29H,5,7,10-15H2,1-4H3. The number of hydrogen-bond acceptors (Lipinski definition) is 2. The molecule has 0 amide bonds. The van der Waals surface area contributed by atoms with Gasteiger partial charge in [-0.2, -0.15) is 0 Å².